The molecule has 3 aromatic heterocycles. The van der Waals surface area contributed by atoms with Crippen LogP contribution in [-0.2, 0) is 33.2 Å². The second-order valence-electron chi connectivity index (χ2n) is 20.4. The number of fused-ring (bicyclic) bond motifs is 2. The third-order valence-corrected chi connectivity index (χ3v) is 15.1. The van der Waals surface area contributed by atoms with Gasteiger partial charge in [0, 0.05) is 62.5 Å². The van der Waals surface area contributed by atoms with Gasteiger partial charge in [-0.05, 0) is 132 Å². The number of aryl methyl sites for hydroxylation is 1. The van der Waals surface area contributed by atoms with Gasteiger partial charge in [-0.2, -0.15) is 18.3 Å². The van der Waals surface area contributed by atoms with Crippen LogP contribution in [0.15, 0.2) is 59.5 Å². The molecule has 4 aliphatic heterocycles. The van der Waals surface area contributed by atoms with Crippen LogP contribution in [0.4, 0.5) is 18.9 Å². The molecule has 15 nitrogen and oxygen atoms in total. The lowest BCUT2D eigenvalue weighted by atomic mass is 9.82. The van der Waals surface area contributed by atoms with Gasteiger partial charge >= 0.3 is 11.9 Å². The lowest BCUT2D eigenvalue weighted by Gasteiger charge is -2.49. The summed E-state index contributed by atoms with van der Waals surface area (Å²) in [4.78, 5) is 59.8. The van der Waals surface area contributed by atoms with Crippen molar-refractivity contribution in [3.63, 3.8) is 0 Å². The van der Waals surface area contributed by atoms with Crippen LogP contribution in [0.2, 0.25) is 0 Å². The molecular weight excluding hydrogens is 868 g/mol. The monoisotopic (exact) mass is 925 g/mol. The van der Waals surface area contributed by atoms with Gasteiger partial charge in [-0.25, -0.2) is 9.78 Å². The molecule has 18 heteroatoms. The maximum Gasteiger partial charge on any atom is 0.433 e. The number of pyridine rings is 1. The van der Waals surface area contributed by atoms with Crippen LogP contribution in [-0.4, -0.2) is 108 Å². The molecule has 2 atom stereocenters. The fourth-order valence-electron chi connectivity index (χ4n) is 11.7. The highest BCUT2D eigenvalue weighted by Crippen LogP contribution is 2.42. The van der Waals surface area contributed by atoms with Crippen molar-refractivity contribution in [2.45, 2.75) is 107 Å². The first-order valence-electron chi connectivity index (χ1n) is 23.6. The number of para-hydroxylation sites is 1. The van der Waals surface area contributed by atoms with Crippen LogP contribution in [0.25, 0.3) is 21.9 Å². The molecule has 356 valence electrons. The Labute approximate surface area is 385 Å². The summed E-state index contributed by atoms with van der Waals surface area (Å²) in [6.45, 7) is 9.88. The summed E-state index contributed by atoms with van der Waals surface area (Å²) in [6, 6.07) is 12.1. The van der Waals surface area contributed by atoms with Crippen LogP contribution in [0, 0.1) is 11.8 Å². The lowest BCUT2D eigenvalue weighted by molar-refractivity contribution is -0.141. The molecule has 1 aliphatic carbocycles. The minimum Gasteiger partial charge on any atom is -0.386 e. The number of alkyl halides is 3. The van der Waals surface area contributed by atoms with E-state index in [9.17, 15) is 37.5 Å². The van der Waals surface area contributed by atoms with Gasteiger partial charge in [0.25, 0.3) is 5.91 Å². The fraction of sp³-hybridized carbons (Fsp3) is 0.551. The smallest absolute Gasteiger partial charge is 0.386 e. The number of ether oxygens (including phenoxy) is 1. The van der Waals surface area contributed by atoms with Gasteiger partial charge in [-0.1, -0.05) is 18.2 Å². The van der Waals surface area contributed by atoms with Gasteiger partial charge < -0.3 is 20.1 Å². The molecular formula is C49H58F3N9O6. The molecule has 3 amide bonds. The lowest BCUT2D eigenvalue weighted by Crippen LogP contribution is -2.62. The predicted molar refractivity (Wildman–Crippen MR) is 243 cm³/mol. The number of rotatable bonds is 10. The van der Waals surface area contributed by atoms with E-state index in [4.69, 9.17) is 9.84 Å². The summed E-state index contributed by atoms with van der Waals surface area (Å²) in [5.41, 5.74) is 0.877. The number of amides is 3. The van der Waals surface area contributed by atoms with Gasteiger partial charge in [-0.15, -0.1) is 0 Å². The molecule has 0 bridgehead atoms. The van der Waals surface area contributed by atoms with Gasteiger partial charge in [0.05, 0.1) is 40.4 Å². The Balaban J connectivity index is 0.695. The molecule has 67 heavy (non-hydrogen) atoms. The van der Waals surface area contributed by atoms with Crippen LogP contribution < -0.4 is 16.3 Å². The summed E-state index contributed by atoms with van der Waals surface area (Å²) >= 11 is 0. The van der Waals surface area contributed by atoms with Crippen molar-refractivity contribution in [2.75, 3.05) is 51.2 Å². The number of hydrogen-bond acceptors (Lipinski definition) is 10. The van der Waals surface area contributed by atoms with E-state index in [1.165, 1.54) is 6.07 Å². The number of carbonyl (C=O) groups excluding carboxylic acids is 3. The summed E-state index contributed by atoms with van der Waals surface area (Å²) in [6.07, 6.45) is 4.90. The number of carbonyl (C=O) groups is 3. The number of benzene rings is 2. The Morgan fingerprint density at radius 3 is 2.39 bits per heavy atom. The molecule has 5 fully saturated rings. The Bertz CT molecular complexity index is 2790. The fourth-order valence-corrected chi connectivity index (χ4v) is 11.7. The number of piperidine rings is 2. The minimum atomic E-state index is -4.69. The molecule has 5 aromatic rings. The van der Waals surface area contributed by atoms with Crippen molar-refractivity contribution in [1.29, 1.82) is 0 Å². The molecule has 2 aromatic carbocycles. The average molecular weight is 926 g/mol. The second-order valence-corrected chi connectivity index (χ2v) is 20.4. The Kier molecular flexibility index (Phi) is 11.7. The molecule has 3 N–H and O–H groups in total. The highest BCUT2D eigenvalue weighted by atomic mass is 19.4. The van der Waals surface area contributed by atoms with Crippen molar-refractivity contribution >= 4 is 45.3 Å². The van der Waals surface area contributed by atoms with Crippen molar-refractivity contribution in [3.8, 4) is 0 Å². The van der Waals surface area contributed by atoms with Gasteiger partial charge in [0.2, 0.25) is 11.8 Å². The maximum absolute atomic E-state index is 13.5. The van der Waals surface area contributed by atoms with E-state index in [1.807, 2.05) is 23.0 Å². The van der Waals surface area contributed by atoms with E-state index in [1.54, 1.807) is 42.2 Å². The number of nitrogens with one attached hydrogen (secondary N) is 2. The molecule has 10 rings (SSSR count). The van der Waals surface area contributed by atoms with E-state index >= 15 is 0 Å². The Hall–Kier alpha value is -5.43. The largest absolute Gasteiger partial charge is 0.433 e. The van der Waals surface area contributed by atoms with Crippen LogP contribution in [0.3, 0.4) is 0 Å². The standard InChI is InChI=1S/C49H58F3N9O6/c1-47(2,66)35-21-37-32(20-38(35)54-44(63)36-7-5-9-41(53-36)49(50,51)52)25-60(56-37)33-12-10-29(11-13-33)23-59-27-48(28-59)22-30(26-67-48)24-58-18-16-31(17-19-58)34-6-4-8-39-43(34)57(3)46(65)61(39)40-14-15-42(62)55-45(40)64/h4-9,20-21,25,29-31,33,40,66H,10-19,22-24,26-28H2,1-3H3,(H,54,63)(H,55,62,64)/t29-,30?,33-,40?. The van der Waals surface area contributed by atoms with Crippen molar-refractivity contribution in [2.24, 2.45) is 18.9 Å². The van der Waals surface area contributed by atoms with Crippen molar-refractivity contribution in [1.82, 2.24) is 39.0 Å². The molecule has 2 unspecified atom stereocenters. The third kappa shape index (κ3) is 8.93. The number of likely N-dealkylation sites (tertiary alicyclic amines) is 2. The summed E-state index contributed by atoms with van der Waals surface area (Å²) in [7, 11) is 1.77. The topological polar surface area (TPSA) is 169 Å². The quantitative estimate of drug-likeness (QED) is 0.136. The van der Waals surface area contributed by atoms with Gasteiger partial charge in [0.1, 0.15) is 17.4 Å². The SMILES string of the molecule is Cn1c(=O)n(C2CCC(=O)NC2=O)c2cccc(C3CCN(CC4COC5(C4)CN(C[C@H]4CC[C@H](n6cc7cc(NC(=O)c8cccc(C(F)(F)F)n8)c(C(C)(C)O)cc7n6)CC4)C5)CC3)c21. The number of imide groups is 1. The first kappa shape index (κ1) is 45.4. The highest BCUT2D eigenvalue weighted by molar-refractivity contribution is 6.04. The summed E-state index contributed by atoms with van der Waals surface area (Å²) < 4.78 is 51.6. The number of imidazole rings is 1. The number of halogens is 3. The number of hydrogen-bond donors (Lipinski definition) is 3. The van der Waals surface area contributed by atoms with E-state index in [-0.39, 0.29) is 41.0 Å². The van der Waals surface area contributed by atoms with Crippen molar-refractivity contribution in [3.05, 3.63) is 87.7 Å². The first-order valence-corrected chi connectivity index (χ1v) is 23.6. The number of anilines is 1. The average Bonchev–Trinajstić information content (AvgIpc) is 3.97. The van der Waals surface area contributed by atoms with Crippen LogP contribution >= 0.6 is 0 Å². The normalized spacial score (nSPS) is 24.4. The zero-order chi connectivity index (χ0) is 47.0. The predicted octanol–water partition coefficient (Wildman–Crippen LogP) is 6.26. The summed E-state index contributed by atoms with van der Waals surface area (Å²) in [5, 5.41) is 21.7. The zero-order valence-electron chi connectivity index (χ0n) is 38.1. The highest BCUT2D eigenvalue weighted by Gasteiger charge is 2.50. The first-order chi connectivity index (χ1) is 31.9. The van der Waals surface area contributed by atoms with Crippen LogP contribution in [0.5, 0.6) is 0 Å². The third-order valence-electron chi connectivity index (χ3n) is 15.1. The Morgan fingerprint density at radius 1 is 0.940 bits per heavy atom. The number of aromatic nitrogens is 5. The minimum absolute atomic E-state index is 0.0601. The molecule has 0 radical (unpaired) electrons. The maximum atomic E-state index is 13.5. The van der Waals surface area contributed by atoms with E-state index in [2.05, 4.69) is 31.5 Å². The molecule has 1 saturated carbocycles. The molecule has 4 saturated heterocycles. The van der Waals surface area contributed by atoms with Crippen molar-refractivity contribution < 1.29 is 37.4 Å². The van der Waals surface area contributed by atoms with E-state index in [0.29, 0.717) is 35.3 Å². The second kappa shape index (κ2) is 17.3. The zero-order valence-corrected chi connectivity index (χ0v) is 38.1. The van der Waals surface area contributed by atoms with Crippen LogP contribution in [0.1, 0.15) is 117 Å². The van der Waals surface area contributed by atoms with E-state index in [0.717, 1.165) is 125 Å². The van der Waals surface area contributed by atoms with Gasteiger partial charge in [-0.3, -0.25) is 38.4 Å². The molecule has 5 aliphatic rings. The van der Waals surface area contributed by atoms with E-state index < -0.39 is 35.3 Å². The number of nitrogens with zero attached hydrogens (tertiary/aromatic N) is 7. The number of aliphatic hydroxyl groups is 1. The molecule has 1 spiro atoms. The van der Waals surface area contributed by atoms with Gasteiger partial charge in [0.15, 0.2) is 0 Å². The summed E-state index contributed by atoms with van der Waals surface area (Å²) in [5.74, 6) is -0.164. The molecule has 7 heterocycles. The Morgan fingerprint density at radius 2 is 1.67 bits per heavy atom.